The van der Waals surface area contributed by atoms with Crippen LogP contribution in [0.4, 0.5) is 0 Å². The lowest BCUT2D eigenvalue weighted by atomic mass is 9.81. The Hall–Kier alpha value is 0.1000. The molecule has 2 unspecified atom stereocenters. The Morgan fingerprint density at radius 1 is 1.44 bits per heavy atom. The summed E-state index contributed by atoms with van der Waals surface area (Å²) in [6.07, 6.45) is 1.08. The largest absolute Gasteiger partial charge is 0.369 e. The van der Waals surface area contributed by atoms with Crippen molar-refractivity contribution in [1.82, 2.24) is 5.32 Å². The molecule has 0 bridgehead atoms. The van der Waals surface area contributed by atoms with E-state index in [1.165, 1.54) is 9.35 Å². The maximum absolute atomic E-state index is 6.21. The average Bonchev–Trinajstić information content (AvgIpc) is 2.70. The van der Waals surface area contributed by atoms with Crippen molar-refractivity contribution in [3.8, 4) is 0 Å². The first-order chi connectivity index (χ1) is 8.25. The molecular formula is C14H22BrNOS. The van der Waals surface area contributed by atoms with Crippen LogP contribution in [0, 0.1) is 5.92 Å². The summed E-state index contributed by atoms with van der Waals surface area (Å²) in [4.78, 5) is 1.38. The summed E-state index contributed by atoms with van der Waals surface area (Å²) in [7, 11) is 2.04. The van der Waals surface area contributed by atoms with E-state index in [4.69, 9.17) is 4.74 Å². The van der Waals surface area contributed by atoms with E-state index in [1.807, 2.05) is 7.05 Å². The van der Waals surface area contributed by atoms with Crippen molar-refractivity contribution in [1.29, 1.82) is 0 Å². The first-order valence-electron chi connectivity index (χ1n) is 6.36. The Morgan fingerprint density at radius 3 is 2.50 bits per heavy atom. The van der Waals surface area contributed by atoms with Crippen LogP contribution in [0.1, 0.15) is 45.0 Å². The zero-order chi connectivity index (χ0) is 13.6. The van der Waals surface area contributed by atoms with Crippen molar-refractivity contribution in [3.63, 3.8) is 0 Å². The van der Waals surface area contributed by atoms with Gasteiger partial charge in [-0.3, -0.25) is 0 Å². The van der Waals surface area contributed by atoms with Crippen LogP contribution < -0.4 is 5.32 Å². The summed E-state index contributed by atoms with van der Waals surface area (Å²) in [6, 6.07) is 2.57. The molecule has 2 heterocycles. The van der Waals surface area contributed by atoms with Crippen LogP contribution in [0.5, 0.6) is 0 Å². The van der Waals surface area contributed by atoms with E-state index in [0.29, 0.717) is 12.0 Å². The molecule has 0 aliphatic carbocycles. The van der Waals surface area contributed by atoms with Crippen LogP contribution in [0.2, 0.25) is 0 Å². The first-order valence-corrected chi connectivity index (χ1v) is 8.04. The predicted octanol–water partition coefficient (Wildman–Crippen LogP) is 4.36. The lowest BCUT2D eigenvalue weighted by Crippen LogP contribution is -2.36. The van der Waals surface area contributed by atoms with E-state index >= 15 is 0 Å². The number of nitrogens with one attached hydrogen (secondary N) is 1. The third kappa shape index (κ3) is 2.82. The molecule has 102 valence electrons. The highest BCUT2D eigenvalue weighted by Crippen LogP contribution is 2.48. The molecule has 0 saturated carbocycles. The summed E-state index contributed by atoms with van der Waals surface area (Å²) in [6.45, 7) is 8.79. The molecule has 0 amide bonds. The third-order valence-corrected chi connectivity index (χ3v) is 5.53. The van der Waals surface area contributed by atoms with Gasteiger partial charge in [-0.2, -0.15) is 0 Å². The minimum Gasteiger partial charge on any atom is -0.369 e. The fraction of sp³-hybridized carbons (Fsp3) is 0.714. The van der Waals surface area contributed by atoms with Crippen LogP contribution >= 0.6 is 27.3 Å². The molecule has 2 rings (SSSR count). The summed E-state index contributed by atoms with van der Waals surface area (Å²) in [5.74, 6) is 0.489. The quantitative estimate of drug-likeness (QED) is 0.888. The number of thiophene rings is 1. The van der Waals surface area contributed by atoms with Gasteiger partial charge in [-0.15, -0.1) is 11.3 Å². The van der Waals surface area contributed by atoms with Crippen molar-refractivity contribution in [2.45, 2.75) is 51.4 Å². The standard InChI is InChI=1S/C14H22BrNOS/c1-13(2)7-10(14(3,4)17-13)12(16-5)11-6-9(15)8-18-11/h6,8,10,12,16H,7H2,1-5H3. The minimum atomic E-state index is -0.0896. The Kier molecular flexibility index (Phi) is 3.94. The second kappa shape index (κ2) is 4.89. The topological polar surface area (TPSA) is 21.3 Å². The fourth-order valence-corrected chi connectivity index (χ4v) is 4.78. The van der Waals surface area contributed by atoms with E-state index in [0.717, 1.165) is 6.42 Å². The monoisotopic (exact) mass is 331 g/mol. The van der Waals surface area contributed by atoms with Gasteiger partial charge in [0.05, 0.1) is 11.2 Å². The smallest absolute Gasteiger partial charge is 0.0681 e. The SMILES string of the molecule is CNC(c1cc(Br)cs1)C1CC(C)(C)OC1(C)C. The van der Waals surface area contributed by atoms with Crippen LogP contribution in [-0.2, 0) is 4.74 Å². The maximum Gasteiger partial charge on any atom is 0.0681 e. The second-order valence-corrected chi connectivity index (χ2v) is 8.07. The van der Waals surface area contributed by atoms with Crippen LogP contribution in [0.25, 0.3) is 0 Å². The Morgan fingerprint density at radius 2 is 2.11 bits per heavy atom. The lowest BCUT2D eigenvalue weighted by Gasteiger charge is -2.32. The van der Waals surface area contributed by atoms with Crippen molar-refractivity contribution >= 4 is 27.3 Å². The van der Waals surface area contributed by atoms with Crippen LogP contribution in [0.3, 0.4) is 0 Å². The van der Waals surface area contributed by atoms with Gasteiger partial charge in [0.2, 0.25) is 0 Å². The fourth-order valence-electron chi connectivity index (χ4n) is 3.16. The number of hydrogen-bond acceptors (Lipinski definition) is 3. The van der Waals surface area contributed by atoms with E-state index in [2.05, 4.69) is 60.4 Å². The summed E-state index contributed by atoms with van der Waals surface area (Å²) < 4.78 is 7.38. The molecule has 1 aromatic heterocycles. The van der Waals surface area contributed by atoms with Crippen molar-refractivity contribution in [2.75, 3.05) is 7.05 Å². The van der Waals surface area contributed by atoms with Gasteiger partial charge in [-0.25, -0.2) is 0 Å². The Bertz CT molecular complexity index is 427. The molecule has 1 N–H and O–H groups in total. The number of rotatable bonds is 3. The highest BCUT2D eigenvalue weighted by Gasteiger charge is 2.49. The summed E-state index contributed by atoms with van der Waals surface area (Å²) in [5.41, 5.74) is -0.120. The van der Waals surface area contributed by atoms with Crippen molar-refractivity contribution in [3.05, 3.63) is 20.8 Å². The van der Waals surface area contributed by atoms with E-state index in [-0.39, 0.29) is 11.2 Å². The molecule has 0 radical (unpaired) electrons. The van der Waals surface area contributed by atoms with Gasteiger partial charge in [0.15, 0.2) is 0 Å². The zero-order valence-corrected chi connectivity index (χ0v) is 14.1. The minimum absolute atomic E-state index is 0.0300. The van der Waals surface area contributed by atoms with Gasteiger partial charge in [-0.1, -0.05) is 0 Å². The number of halogens is 1. The highest BCUT2D eigenvalue weighted by molar-refractivity contribution is 9.10. The lowest BCUT2D eigenvalue weighted by molar-refractivity contribution is -0.0775. The summed E-state index contributed by atoms with van der Waals surface area (Å²) in [5, 5.41) is 5.62. The van der Waals surface area contributed by atoms with Crippen molar-refractivity contribution < 1.29 is 4.74 Å². The van der Waals surface area contributed by atoms with Gasteiger partial charge < -0.3 is 10.1 Å². The third-order valence-electron chi connectivity index (χ3n) is 3.75. The molecule has 1 aliphatic rings. The van der Waals surface area contributed by atoms with E-state index < -0.39 is 0 Å². The van der Waals surface area contributed by atoms with Crippen LogP contribution in [-0.4, -0.2) is 18.2 Å². The van der Waals surface area contributed by atoms with Gasteiger partial charge >= 0.3 is 0 Å². The molecule has 18 heavy (non-hydrogen) atoms. The Balaban J connectivity index is 2.28. The second-order valence-electron chi connectivity index (χ2n) is 6.21. The molecule has 2 nitrogen and oxygen atoms in total. The van der Waals surface area contributed by atoms with Gasteiger partial charge in [0.1, 0.15) is 0 Å². The van der Waals surface area contributed by atoms with E-state index in [1.54, 1.807) is 11.3 Å². The number of hydrogen-bond donors (Lipinski definition) is 1. The molecule has 4 heteroatoms. The molecule has 1 aromatic rings. The van der Waals surface area contributed by atoms with E-state index in [9.17, 15) is 0 Å². The summed E-state index contributed by atoms with van der Waals surface area (Å²) >= 11 is 5.35. The molecule has 1 fully saturated rings. The highest BCUT2D eigenvalue weighted by atomic mass is 79.9. The molecular weight excluding hydrogens is 310 g/mol. The molecule has 0 spiro atoms. The first kappa shape index (κ1) is 14.5. The maximum atomic E-state index is 6.21. The Labute approximate surface area is 122 Å². The molecule has 1 aliphatic heterocycles. The average molecular weight is 332 g/mol. The van der Waals surface area contributed by atoms with Gasteiger partial charge in [-0.05, 0) is 63.2 Å². The molecule has 2 atom stereocenters. The predicted molar refractivity (Wildman–Crippen MR) is 81.2 cm³/mol. The van der Waals surface area contributed by atoms with Crippen molar-refractivity contribution in [2.24, 2.45) is 5.92 Å². The molecule has 0 aromatic carbocycles. The number of ether oxygens (including phenoxy) is 1. The normalized spacial score (nSPS) is 27.3. The van der Waals surface area contributed by atoms with Crippen LogP contribution in [0.15, 0.2) is 15.9 Å². The molecule has 1 saturated heterocycles. The van der Waals surface area contributed by atoms with Gasteiger partial charge in [0, 0.05) is 26.7 Å². The zero-order valence-electron chi connectivity index (χ0n) is 11.7. The van der Waals surface area contributed by atoms with Gasteiger partial charge in [0.25, 0.3) is 0 Å².